The van der Waals surface area contributed by atoms with Gasteiger partial charge in [-0.05, 0) is 54.2 Å². The van der Waals surface area contributed by atoms with E-state index >= 15 is 0 Å². The number of benzene rings is 2. The molecule has 6 heteroatoms. The first-order valence-electron chi connectivity index (χ1n) is 10.6. The fourth-order valence-corrected chi connectivity index (χ4v) is 4.01. The van der Waals surface area contributed by atoms with Crippen LogP contribution in [0.5, 0.6) is 17.2 Å². The summed E-state index contributed by atoms with van der Waals surface area (Å²) in [6.07, 6.45) is 1.38. The molecule has 0 radical (unpaired) electrons. The van der Waals surface area contributed by atoms with E-state index in [1.165, 1.54) is 5.56 Å². The van der Waals surface area contributed by atoms with Crippen LogP contribution >= 0.6 is 11.3 Å². The van der Waals surface area contributed by atoms with Crippen LogP contribution in [-0.2, 0) is 17.8 Å². The third-order valence-corrected chi connectivity index (χ3v) is 5.81. The quantitative estimate of drug-likeness (QED) is 0.399. The summed E-state index contributed by atoms with van der Waals surface area (Å²) in [6, 6.07) is 19.8. The van der Waals surface area contributed by atoms with Gasteiger partial charge in [0.25, 0.3) is 0 Å². The van der Waals surface area contributed by atoms with Gasteiger partial charge >= 0.3 is 0 Å². The average Bonchev–Trinajstić information content (AvgIpc) is 3.29. The van der Waals surface area contributed by atoms with Gasteiger partial charge in [-0.25, -0.2) is 0 Å². The molecule has 0 aliphatic heterocycles. The van der Waals surface area contributed by atoms with E-state index in [4.69, 9.17) is 9.47 Å². The summed E-state index contributed by atoms with van der Waals surface area (Å²) < 4.78 is 11.4. The number of hydrogen-bond acceptors (Lipinski definition) is 5. The predicted octanol–water partition coefficient (Wildman–Crippen LogP) is 5.12. The number of nitrogens with zero attached hydrogens (tertiary/aromatic N) is 1. The van der Waals surface area contributed by atoms with Crippen LogP contribution in [0.4, 0.5) is 0 Å². The number of nitrogens with one attached hydrogen (secondary N) is 1. The lowest BCUT2D eigenvalue weighted by Gasteiger charge is -2.21. The van der Waals surface area contributed by atoms with Crippen LogP contribution in [0, 0.1) is 0 Å². The summed E-state index contributed by atoms with van der Waals surface area (Å²) in [5, 5.41) is 5.02. The molecule has 0 bridgehead atoms. The van der Waals surface area contributed by atoms with E-state index in [1.807, 2.05) is 53.9 Å². The Kier molecular flexibility index (Phi) is 8.94. The first kappa shape index (κ1) is 22.8. The molecule has 3 rings (SSSR count). The SMILES string of the molecule is CCN(CCCNC(=O)Cc1cccs1)Cc1cccc(Oc2ccccc2OC)c1. The standard InChI is InChI=1S/C25H30N2O3S/c1-3-27(15-8-14-26-25(28)18-22-11-7-16-31-22)19-20-9-6-10-21(17-20)30-24-13-5-4-12-23(24)29-2/h4-7,9-13,16-17H,3,8,14-15,18-19H2,1-2H3,(H,26,28). The zero-order chi connectivity index (χ0) is 21.9. The lowest BCUT2D eigenvalue weighted by Crippen LogP contribution is -2.30. The van der Waals surface area contributed by atoms with Crippen molar-refractivity contribution in [3.8, 4) is 17.2 Å². The molecule has 0 atom stereocenters. The molecule has 0 aliphatic carbocycles. The van der Waals surface area contributed by atoms with Crippen LogP contribution in [0.3, 0.4) is 0 Å². The summed E-state index contributed by atoms with van der Waals surface area (Å²) in [6.45, 7) is 5.55. The van der Waals surface area contributed by atoms with Crippen LogP contribution in [0.2, 0.25) is 0 Å². The summed E-state index contributed by atoms with van der Waals surface area (Å²) in [5.74, 6) is 2.29. The topological polar surface area (TPSA) is 50.8 Å². The minimum Gasteiger partial charge on any atom is -0.493 e. The predicted molar refractivity (Wildman–Crippen MR) is 126 cm³/mol. The van der Waals surface area contributed by atoms with Gasteiger partial charge in [0.05, 0.1) is 13.5 Å². The van der Waals surface area contributed by atoms with Crippen molar-refractivity contribution in [1.82, 2.24) is 10.2 Å². The highest BCUT2D eigenvalue weighted by atomic mass is 32.1. The zero-order valence-corrected chi connectivity index (χ0v) is 19.0. The monoisotopic (exact) mass is 438 g/mol. The van der Waals surface area contributed by atoms with Crippen LogP contribution in [0.1, 0.15) is 23.8 Å². The Labute approximate surface area is 188 Å². The van der Waals surface area contributed by atoms with Crippen molar-refractivity contribution in [2.75, 3.05) is 26.7 Å². The molecule has 5 nitrogen and oxygen atoms in total. The Balaban J connectivity index is 1.46. The van der Waals surface area contributed by atoms with Crippen LogP contribution < -0.4 is 14.8 Å². The number of amides is 1. The Hall–Kier alpha value is -2.83. The highest BCUT2D eigenvalue weighted by Crippen LogP contribution is 2.31. The van der Waals surface area contributed by atoms with E-state index in [9.17, 15) is 4.79 Å². The van der Waals surface area contributed by atoms with E-state index < -0.39 is 0 Å². The Morgan fingerprint density at radius 1 is 1.06 bits per heavy atom. The Morgan fingerprint density at radius 2 is 1.90 bits per heavy atom. The lowest BCUT2D eigenvalue weighted by molar-refractivity contribution is -0.120. The van der Waals surface area contributed by atoms with Crippen molar-refractivity contribution in [3.63, 3.8) is 0 Å². The van der Waals surface area contributed by atoms with Crippen LogP contribution in [0.25, 0.3) is 0 Å². The molecular formula is C25H30N2O3S. The second-order valence-electron chi connectivity index (χ2n) is 7.23. The van der Waals surface area contributed by atoms with Crippen LogP contribution in [0.15, 0.2) is 66.0 Å². The molecule has 31 heavy (non-hydrogen) atoms. The summed E-state index contributed by atoms with van der Waals surface area (Å²) in [4.78, 5) is 15.5. The third kappa shape index (κ3) is 7.42. The number of methoxy groups -OCH3 is 1. The van der Waals surface area contributed by atoms with E-state index in [0.29, 0.717) is 24.5 Å². The van der Waals surface area contributed by atoms with E-state index in [2.05, 4.69) is 29.3 Å². The molecule has 3 aromatic rings. The Bertz CT molecular complexity index is 943. The summed E-state index contributed by atoms with van der Waals surface area (Å²) >= 11 is 1.62. The number of carbonyl (C=O) groups is 1. The van der Waals surface area contributed by atoms with Gasteiger partial charge in [0, 0.05) is 24.5 Å². The highest BCUT2D eigenvalue weighted by molar-refractivity contribution is 7.10. The Morgan fingerprint density at radius 3 is 2.65 bits per heavy atom. The maximum Gasteiger partial charge on any atom is 0.225 e. The molecule has 0 spiro atoms. The molecule has 1 amide bonds. The van der Waals surface area contributed by atoms with Crippen molar-refractivity contribution in [2.24, 2.45) is 0 Å². The first-order chi connectivity index (χ1) is 15.2. The van der Waals surface area contributed by atoms with Crippen molar-refractivity contribution in [3.05, 3.63) is 76.5 Å². The van der Waals surface area contributed by atoms with Gasteiger partial charge in [-0.2, -0.15) is 0 Å². The molecule has 164 valence electrons. The number of thiophene rings is 1. The molecule has 0 saturated carbocycles. The maximum absolute atomic E-state index is 12.0. The number of hydrogen-bond donors (Lipinski definition) is 1. The highest BCUT2D eigenvalue weighted by Gasteiger charge is 2.08. The van der Waals surface area contributed by atoms with Crippen molar-refractivity contribution in [1.29, 1.82) is 0 Å². The van der Waals surface area contributed by atoms with E-state index in [-0.39, 0.29) is 5.91 Å². The number of carbonyl (C=O) groups excluding carboxylic acids is 1. The summed E-state index contributed by atoms with van der Waals surface area (Å²) in [7, 11) is 1.64. The average molecular weight is 439 g/mol. The third-order valence-electron chi connectivity index (χ3n) is 4.94. The molecular weight excluding hydrogens is 408 g/mol. The van der Waals surface area contributed by atoms with E-state index in [0.717, 1.165) is 36.7 Å². The molecule has 1 heterocycles. The smallest absolute Gasteiger partial charge is 0.225 e. The first-order valence-corrected chi connectivity index (χ1v) is 11.5. The van der Waals surface area contributed by atoms with Gasteiger partial charge in [-0.1, -0.05) is 37.3 Å². The van der Waals surface area contributed by atoms with Crippen molar-refractivity contribution >= 4 is 17.2 Å². The fourth-order valence-electron chi connectivity index (χ4n) is 3.31. The largest absolute Gasteiger partial charge is 0.493 e. The molecule has 2 aromatic carbocycles. The number of rotatable bonds is 12. The minimum absolute atomic E-state index is 0.0895. The second-order valence-corrected chi connectivity index (χ2v) is 8.26. The van der Waals surface area contributed by atoms with Gasteiger partial charge in [0.2, 0.25) is 5.91 Å². The molecule has 0 aliphatic rings. The molecule has 0 saturated heterocycles. The van der Waals surface area contributed by atoms with E-state index in [1.54, 1.807) is 18.4 Å². The lowest BCUT2D eigenvalue weighted by atomic mass is 10.2. The van der Waals surface area contributed by atoms with Crippen molar-refractivity contribution in [2.45, 2.75) is 26.3 Å². The normalized spacial score (nSPS) is 10.8. The zero-order valence-electron chi connectivity index (χ0n) is 18.2. The molecule has 0 fully saturated rings. The van der Waals surface area contributed by atoms with Gasteiger partial charge in [0.15, 0.2) is 11.5 Å². The molecule has 1 aromatic heterocycles. The number of para-hydroxylation sites is 2. The summed E-state index contributed by atoms with van der Waals surface area (Å²) in [5.41, 5.74) is 1.19. The van der Waals surface area contributed by atoms with Crippen LogP contribution in [-0.4, -0.2) is 37.6 Å². The van der Waals surface area contributed by atoms with Gasteiger partial charge < -0.3 is 14.8 Å². The van der Waals surface area contributed by atoms with Gasteiger partial charge in [0.1, 0.15) is 5.75 Å². The number of ether oxygens (including phenoxy) is 2. The second kappa shape index (κ2) is 12.1. The van der Waals surface area contributed by atoms with Gasteiger partial charge in [-0.3, -0.25) is 9.69 Å². The molecule has 0 unspecified atom stereocenters. The fraction of sp³-hybridized carbons (Fsp3) is 0.320. The minimum atomic E-state index is 0.0895. The maximum atomic E-state index is 12.0. The van der Waals surface area contributed by atoms with Gasteiger partial charge in [-0.15, -0.1) is 11.3 Å². The molecule has 1 N–H and O–H groups in total. The van der Waals surface area contributed by atoms with Crippen molar-refractivity contribution < 1.29 is 14.3 Å².